The molecule has 4 aromatic carbocycles. The van der Waals surface area contributed by atoms with E-state index in [2.05, 4.69) is 37.3 Å². The van der Waals surface area contributed by atoms with Crippen molar-refractivity contribution in [2.24, 2.45) is 0 Å². The van der Waals surface area contributed by atoms with E-state index in [1.165, 1.54) is 5.56 Å². The van der Waals surface area contributed by atoms with Crippen molar-refractivity contribution in [3.63, 3.8) is 0 Å². The Morgan fingerprint density at radius 3 is 1.83 bits per heavy atom. The van der Waals surface area contributed by atoms with Crippen LogP contribution in [0.5, 0.6) is 5.75 Å². The molecule has 0 fully saturated rings. The van der Waals surface area contributed by atoms with E-state index in [1.54, 1.807) is 0 Å². The van der Waals surface area contributed by atoms with Crippen LogP contribution in [0.1, 0.15) is 5.56 Å². The van der Waals surface area contributed by atoms with Gasteiger partial charge in [-0.25, -0.2) is 0 Å². The molecule has 0 bridgehead atoms. The molecular formula is C23H18O. The first-order chi connectivity index (χ1) is 11.7. The molecule has 4 rings (SSSR count). The van der Waals surface area contributed by atoms with Crippen LogP contribution in [0.3, 0.4) is 0 Å². The zero-order chi connectivity index (χ0) is 16.5. The minimum atomic E-state index is 0.316. The van der Waals surface area contributed by atoms with E-state index in [9.17, 15) is 5.11 Å². The molecule has 0 saturated carbocycles. The summed E-state index contributed by atoms with van der Waals surface area (Å²) in [6.45, 7) is 2.10. The SMILES string of the molecule is Cc1ccc2cc(O)c(-c3ccccc3)c(-c3ccccc3)c2c1. The zero-order valence-corrected chi connectivity index (χ0v) is 13.5. The van der Waals surface area contributed by atoms with Crippen LogP contribution < -0.4 is 0 Å². The maximum absolute atomic E-state index is 10.8. The summed E-state index contributed by atoms with van der Waals surface area (Å²) in [5.41, 5.74) is 5.32. The van der Waals surface area contributed by atoms with Gasteiger partial charge in [-0.3, -0.25) is 0 Å². The smallest absolute Gasteiger partial charge is 0.124 e. The van der Waals surface area contributed by atoms with E-state index in [4.69, 9.17) is 0 Å². The first-order valence-corrected chi connectivity index (χ1v) is 8.11. The van der Waals surface area contributed by atoms with Gasteiger partial charge in [-0.15, -0.1) is 0 Å². The standard InChI is InChI=1S/C23H18O/c1-16-12-13-19-15-21(24)23(18-10-6-3-7-11-18)22(20(19)14-16)17-8-4-2-5-9-17/h2-15,24H,1H3. The van der Waals surface area contributed by atoms with Crippen molar-refractivity contribution in [2.75, 3.05) is 0 Å². The lowest BCUT2D eigenvalue weighted by atomic mass is 9.88. The lowest BCUT2D eigenvalue weighted by molar-refractivity contribution is 0.478. The average Bonchev–Trinajstić information content (AvgIpc) is 2.62. The number of fused-ring (bicyclic) bond motifs is 1. The Bertz CT molecular complexity index is 1000. The van der Waals surface area contributed by atoms with Crippen LogP contribution in [-0.2, 0) is 0 Å². The van der Waals surface area contributed by atoms with Crippen molar-refractivity contribution in [1.29, 1.82) is 0 Å². The van der Waals surface area contributed by atoms with Gasteiger partial charge >= 0.3 is 0 Å². The Balaban J connectivity index is 2.17. The van der Waals surface area contributed by atoms with Crippen molar-refractivity contribution in [3.8, 4) is 28.0 Å². The van der Waals surface area contributed by atoms with Gasteiger partial charge in [-0.05, 0) is 34.9 Å². The predicted molar refractivity (Wildman–Crippen MR) is 101 cm³/mol. The third-order valence-corrected chi connectivity index (χ3v) is 4.40. The second kappa shape index (κ2) is 5.86. The van der Waals surface area contributed by atoms with Crippen LogP contribution in [0.2, 0.25) is 0 Å². The molecule has 1 heteroatoms. The summed E-state index contributed by atoms with van der Waals surface area (Å²) in [7, 11) is 0. The Labute approximate surface area is 141 Å². The number of aryl methyl sites for hydroxylation is 1. The van der Waals surface area contributed by atoms with Crippen LogP contribution >= 0.6 is 0 Å². The number of phenolic OH excluding ortho intramolecular Hbond substituents is 1. The minimum absolute atomic E-state index is 0.316. The molecule has 1 nitrogen and oxygen atoms in total. The van der Waals surface area contributed by atoms with Crippen molar-refractivity contribution in [2.45, 2.75) is 6.92 Å². The second-order valence-corrected chi connectivity index (χ2v) is 6.10. The van der Waals surface area contributed by atoms with Crippen LogP contribution in [0.25, 0.3) is 33.0 Å². The number of rotatable bonds is 2. The molecule has 24 heavy (non-hydrogen) atoms. The van der Waals surface area contributed by atoms with Crippen molar-refractivity contribution in [1.82, 2.24) is 0 Å². The molecule has 0 spiro atoms. The zero-order valence-electron chi connectivity index (χ0n) is 13.5. The maximum atomic E-state index is 10.8. The van der Waals surface area contributed by atoms with E-state index in [1.807, 2.05) is 54.6 Å². The normalized spacial score (nSPS) is 10.9. The number of hydrogen-bond donors (Lipinski definition) is 1. The second-order valence-electron chi connectivity index (χ2n) is 6.10. The monoisotopic (exact) mass is 310 g/mol. The third kappa shape index (κ3) is 2.44. The fraction of sp³-hybridized carbons (Fsp3) is 0.0435. The van der Waals surface area contributed by atoms with Gasteiger partial charge < -0.3 is 5.11 Å². The molecule has 0 aliphatic rings. The minimum Gasteiger partial charge on any atom is -0.507 e. The van der Waals surface area contributed by atoms with Gasteiger partial charge in [0.2, 0.25) is 0 Å². The Morgan fingerprint density at radius 2 is 1.21 bits per heavy atom. The Kier molecular flexibility index (Phi) is 3.55. The maximum Gasteiger partial charge on any atom is 0.124 e. The lowest BCUT2D eigenvalue weighted by Gasteiger charge is -2.16. The van der Waals surface area contributed by atoms with Crippen molar-refractivity contribution < 1.29 is 5.11 Å². The summed E-state index contributed by atoms with van der Waals surface area (Å²) >= 11 is 0. The van der Waals surface area contributed by atoms with Crippen LogP contribution in [0.15, 0.2) is 84.9 Å². The summed E-state index contributed by atoms with van der Waals surface area (Å²) in [5, 5.41) is 13.0. The van der Waals surface area contributed by atoms with Gasteiger partial charge in [0.15, 0.2) is 0 Å². The Hall–Kier alpha value is -3.06. The molecule has 0 aliphatic carbocycles. The molecule has 0 unspecified atom stereocenters. The fourth-order valence-corrected chi connectivity index (χ4v) is 3.30. The average molecular weight is 310 g/mol. The summed E-state index contributed by atoms with van der Waals surface area (Å²) in [5.74, 6) is 0.316. The van der Waals surface area contributed by atoms with E-state index < -0.39 is 0 Å². The summed E-state index contributed by atoms with van der Waals surface area (Å²) in [6.07, 6.45) is 0. The van der Waals surface area contributed by atoms with Gasteiger partial charge in [-0.1, -0.05) is 84.4 Å². The molecule has 4 aromatic rings. The molecule has 1 N–H and O–H groups in total. The largest absolute Gasteiger partial charge is 0.507 e. The highest BCUT2D eigenvalue weighted by Crippen LogP contribution is 2.43. The molecule has 0 radical (unpaired) electrons. The molecule has 0 atom stereocenters. The van der Waals surface area contributed by atoms with E-state index in [-0.39, 0.29) is 0 Å². The molecule has 0 aromatic heterocycles. The van der Waals surface area contributed by atoms with Crippen molar-refractivity contribution >= 4 is 10.8 Å². The van der Waals surface area contributed by atoms with E-state index >= 15 is 0 Å². The number of phenols is 1. The molecule has 0 amide bonds. The van der Waals surface area contributed by atoms with Gasteiger partial charge in [0.05, 0.1) is 0 Å². The highest BCUT2D eigenvalue weighted by atomic mass is 16.3. The molecular weight excluding hydrogens is 292 g/mol. The number of aromatic hydroxyl groups is 1. The fourth-order valence-electron chi connectivity index (χ4n) is 3.30. The predicted octanol–water partition coefficient (Wildman–Crippen LogP) is 6.19. The van der Waals surface area contributed by atoms with Crippen LogP contribution in [-0.4, -0.2) is 5.11 Å². The molecule has 0 aliphatic heterocycles. The van der Waals surface area contributed by atoms with Crippen molar-refractivity contribution in [3.05, 3.63) is 90.5 Å². The van der Waals surface area contributed by atoms with E-state index in [0.717, 1.165) is 33.0 Å². The van der Waals surface area contributed by atoms with Gasteiger partial charge in [-0.2, -0.15) is 0 Å². The van der Waals surface area contributed by atoms with Crippen LogP contribution in [0, 0.1) is 6.92 Å². The summed E-state index contributed by atoms with van der Waals surface area (Å²) < 4.78 is 0. The molecule has 0 heterocycles. The molecule has 116 valence electrons. The van der Waals surface area contributed by atoms with Crippen LogP contribution in [0.4, 0.5) is 0 Å². The Morgan fingerprint density at radius 1 is 0.625 bits per heavy atom. The first kappa shape index (κ1) is 14.5. The molecule has 0 saturated heterocycles. The first-order valence-electron chi connectivity index (χ1n) is 8.11. The highest BCUT2D eigenvalue weighted by molar-refractivity contribution is 6.06. The number of benzene rings is 4. The van der Waals surface area contributed by atoms with E-state index in [0.29, 0.717) is 5.75 Å². The third-order valence-electron chi connectivity index (χ3n) is 4.40. The summed E-state index contributed by atoms with van der Waals surface area (Å²) in [6, 6.07) is 28.6. The van der Waals surface area contributed by atoms with Gasteiger partial charge in [0, 0.05) is 11.1 Å². The summed E-state index contributed by atoms with van der Waals surface area (Å²) in [4.78, 5) is 0. The highest BCUT2D eigenvalue weighted by Gasteiger charge is 2.16. The number of hydrogen-bond acceptors (Lipinski definition) is 1. The van der Waals surface area contributed by atoms with Gasteiger partial charge in [0.25, 0.3) is 0 Å². The topological polar surface area (TPSA) is 20.2 Å². The van der Waals surface area contributed by atoms with Gasteiger partial charge in [0.1, 0.15) is 5.75 Å². The lowest BCUT2D eigenvalue weighted by Crippen LogP contribution is -1.90. The quantitative estimate of drug-likeness (QED) is 0.468.